The van der Waals surface area contributed by atoms with Gasteiger partial charge in [-0.25, -0.2) is 0 Å². The fourth-order valence-electron chi connectivity index (χ4n) is 0.693. The minimum atomic E-state index is -0.119. The van der Waals surface area contributed by atoms with E-state index in [9.17, 15) is 4.79 Å². The van der Waals surface area contributed by atoms with E-state index in [1.54, 1.807) is 0 Å². The van der Waals surface area contributed by atoms with E-state index in [4.69, 9.17) is 5.73 Å². The molecule has 0 aliphatic heterocycles. The lowest BCUT2D eigenvalue weighted by Gasteiger charge is -2.20. The summed E-state index contributed by atoms with van der Waals surface area (Å²) < 4.78 is 0. The van der Waals surface area contributed by atoms with E-state index in [0.29, 0.717) is 0 Å². The van der Waals surface area contributed by atoms with E-state index in [2.05, 4.69) is 0 Å². The van der Waals surface area contributed by atoms with Gasteiger partial charge in [0.1, 0.15) is 0 Å². The lowest BCUT2D eigenvalue weighted by atomic mass is 9.85. The van der Waals surface area contributed by atoms with Gasteiger partial charge in [-0.2, -0.15) is 0 Å². The third-order valence-corrected chi connectivity index (χ3v) is 1.86. The van der Waals surface area contributed by atoms with Gasteiger partial charge in [0.2, 0.25) is 5.91 Å². The Morgan fingerprint density at radius 3 is 1.60 bits per heavy atom. The number of hydrogen-bond acceptors (Lipinski definition) is 1. The quantitative estimate of drug-likeness (QED) is 0.590. The number of carbonyl (C=O) groups is 1. The Morgan fingerprint density at radius 2 is 1.60 bits per heavy atom. The third-order valence-electron chi connectivity index (χ3n) is 1.86. The average Bonchev–Trinajstić information content (AvgIpc) is 2.35. The van der Waals surface area contributed by atoms with Crippen molar-refractivity contribution in [1.82, 2.24) is 0 Å². The van der Waals surface area contributed by atoms with Gasteiger partial charge in [-0.1, -0.05) is 25.7 Å². The fraction of sp³-hybridized carbons (Fsp3) is 0.875. The molecule has 58 valence electrons. The van der Waals surface area contributed by atoms with Gasteiger partial charge in [-0.15, -0.1) is 0 Å². The standard InChI is InChI=1S/C5H9NO.C3H6/c6-5(7)4-2-1-3-4;1-2-3-1/h4H,1-3H2,(H2,6,7);1-3H2. The van der Waals surface area contributed by atoms with Crippen LogP contribution in [-0.4, -0.2) is 5.91 Å². The molecule has 2 nitrogen and oxygen atoms in total. The van der Waals surface area contributed by atoms with Crippen LogP contribution in [0.15, 0.2) is 0 Å². The zero-order valence-electron chi connectivity index (χ0n) is 6.31. The van der Waals surface area contributed by atoms with Gasteiger partial charge >= 0.3 is 0 Å². The molecule has 2 aliphatic carbocycles. The molecule has 0 heterocycles. The summed E-state index contributed by atoms with van der Waals surface area (Å²) in [6, 6.07) is 0. The van der Waals surface area contributed by atoms with Crippen LogP contribution in [0.5, 0.6) is 0 Å². The molecule has 0 spiro atoms. The molecule has 1 amide bonds. The predicted molar refractivity (Wildman–Crippen MR) is 40.4 cm³/mol. The number of nitrogens with two attached hydrogens (primary N) is 1. The second-order valence-electron chi connectivity index (χ2n) is 3.09. The first-order valence-corrected chi connectivity index (χ1v) is 4.10. The Morgan fingerprint density at radius 1 is 1.10 bits per heavy atom. The first-order chi connectivity index (χ1) is 4.80. The Balaban J connectivity index is 0.000000138. The van der Waals surface area contributed by atoms with E-state index in [-0.39, 0.29) is 11.8 Å². The fourth-order valence-corrected chi connectivity index (χ4v) is 0.693. The molecule has 2 fully saturated rings. The zero-order chi connectivity index (χ0) is 7.40. The Bertz CT molecular complexity index is 114. The van der Waals surface area contributed by atoms with E-state index in [1.165, 1.54) is 25.7 Å². The summed E-state index contributed by atoms with van der Waals surface area (Å²) in [6.45, 7) is 0. The molecule has 0 bridgehead atoms. The van der Waals surface area contributed by atoms with E-state index in [1.807, 2.05) is 0 Å². The molecule has 0 unspecified atom stereocenters. The highest BCUT2D eigenvalue weighted by Gasteiger charge is 2.21. The van der Waals surface area contributed by atoms with E-state index < -0.39 is 0 Å². The topological polar surface area (TPSA) is 43.1 Å². The van der Waals surface area contributed by atoms with Crippen LogP contribution in [-0.2, 0) is 4.79 Å². The molecule has 0 saturated heterocycles. The van der Waals surface area contributed by atoms with Crippen LogP contribution in [0.4, 0.5) is 0 Å². The van der Waals surface area contributed by atoms with Crippen LogP contribution >= 0.6 is 0 Å². The molecule has 10 heavy (non-hydrogen) atoms. The zero-order valence-corrected chi connectivity index (χ0v) is 6.31. The molecular weight excluding hydrogens is 126 g/mol. The van der Waals surface area contributed by atoms with Gasteiger partial charge in [-0.05, 0) is 12.8 Å². The Hall–Kier alpha value is -0.530. The van der Waals surface area contributed by atoms with Gasteiger partial charge in [0.15, 0.2) is 0 Å². The number of rotatable bonds is 1. The summed E-state index contributed by atoms with van der Waals surface area (Å²) in [4.78, 5) is 10.2. The smallest absolute Gasteiger partial charge is 0.220 e. The van der Waals surface area contributed by atoms with Crippen LogP contribution in [0, 0.1) is 5.92 Å². The predicted octanol–water partition coefficient (Wildman–Crippen LogP) is 1.44. The first-order valence-electron chi connectivity index (χ1n) is 4.10. The molecule has 0 aromatic heterocycles. The first kappa shape index (κ1) is 7.58. The lowest BCUT2D eigenvalue weighted by molar-refractivity contribution is -0.124. The van der Waals surface area contributed by atoms with Gasteiger partial charge < -0.3 is 5.73 Å². The summed E-state index contributed by atoms with van der Waals surface area (Å²) in [5.74, 6) is 0.103. The second kappa shape index (κ2) is 3.59. The number of primary amides is 1. The van der Waals surface area contributed by atoms with Gasteiger partial charge in [0, 0.05) is 5.92 Å². The summed E-state index contributed by atoms with van der Waals surface area (Å²) in [5.41, 5.74) is 4.96. The molecule has 2 N–H and O–H groups in total. The van der Waals surface area contributed by atoms with Crippen molar-refractivity contribution in [2.45, 2.75) is 38.5 Å². The van der Waals surface area contributed by atoms with Crippen molar-refractivity contribution in [2.24, 2.45) is 11.7 Å². The summed E-state index contributed by atoms with van der Waals surface area (Å²) in [6.07, 6.45) is 7.73. The SMILES string of the molecule is C1CC1.NC(=O)C1CCC1. The summed E-state index contributed by atoms with van der Waals surface area (Å²) in [5, 5.41) is 0. The highest BCUT2D eigenvalue weighted by molar-refractivity contribution is 5.77. The maximum absolute atomic E-state index is 10.2. The highest BCUT2D eigenvalue weighted by Crippen LogP contribution is 2.25. The lowest BCUT2D eigenvalue weighted by Crippen LogP contribution is -2.28. The van der Waals surface area contributed by atoms with Crippen molar-refractivity contribution >= 4 is 5.91 Å². The largest absolute Gasteiger partial charge is 0.369 e. The molecule has 2 saturated carbocycles. The molecular formula is C8H15NO. The van der Waals surface area contributed by atoms with Crippen LogP contribution in [0.2, 0.25) is 0 Å². The van der Waals surface area contributed by atoms with Crippen LogP contribution < -0.4 is 5.73 Å². The molecule has 0 radical (unpaired) electrons. The number of amides is 1. The maximum atomic E-state index is 10.2. The van der Waals surface area contributed by atoms with E-state index >= 15 is 0 Å². The van der Waals surface area contributed by atoms with Crippen molar-refractivity contribution in [1.29, 1.82) is 0 Å². The molecule has 0 aromatic rings. The van der Waals surface area contributed by atoms with Crippen LogP contribution in [0.3, 0.4) is 0 Å². The Kier molecular flexibility index (Phi) is 2.72. The summed E-state index contributed by atoms with van der Waals surface area (Å²) >= 11 is 0. The molecule has 0 atom stereocenters. The van der Waals surface area contributed by atoms with Gasteiger partial charge in [-0.3, -0.25) is 4.79 Å². The average molecular weight is 141 g/mol. The highest BCUT2D eigenvalue weighted by atomic mass is 16.1. The van der Waals surface area contributed by atoms with Crippen molar-refractivity contribution < 1.29 is 4.79 Å². The second-order valence-corrected chi connectivity index (χ2v) is 3.09. The molecule has 2 aliphatic rings. The van der Waals surface area contributed by atoms with Crippen molar-refractivity contribution in [3.63, 3.8) is 0 Å². The molecule has 2 heteroatoms. The van der Waals surface area contributed by atoms with Crippen molar-refractivity contribution in [3.05, 3.63) is 0 Å². The van der Waals surface area contributed by atoms with Crippen molar-refractivity contribution in [3.8, 4) is 0 Å². The van der Waals surface area contributed by atoms with Gasteiger partial charge in [0.25, 0.3) is 0 Å². The normalized spacial score (nSPS) is 22.0. The van der Waals surface area contributed by atoms with Gasteiger partial charge in [0.05, 0.1) is 0 Å². The third kappa shape index (κ3) is 2.85. The monoisotopic (exact) mass is 141 g/mol. The summed E-state index contributed by atoms with van der Waals surface area (Å²) in [7, 11) is 0. The number of hydrogen-bond donors (Lipinski definition) is 1. The maximum Gasteiger partial charge on any atom is 0.220 e. The van der Waals surface area contributed by atoms with Crippen LogP contribution in [0.25, 0.3) is 0 Å². The number of carbonyl (C=O) groups excluding carboxylic acids is 1. The minimum Gasteiger partial charge on any atom is -0.369 e. The van der Waals surface area contributed by atoms with Crippen LogP contribution in [0.1, 0.15) is 38.5 Å². The Labute approximate surface area is 61.8 Å². The molecule has 0 aromatic carbocycles. The van der Waals surface area contributed by atoms with Crippen molar-refractivity contribution in [2.75, 3.05) is 0 Å². The van der Waals surface area contributed by atoms with E-state index in [0.717, 1.165) is 12.8 Å². The minimum absolute atomic E-state index is 0.119. The molecule has 2 rings (SSSR count).